The van der Waals surface area contributed by atoms with Crippen LogP contribution in [0.15, 0.2) is 72.8 Å². The quantitative estimate of drug-likeness (QED) is 0.203. The van der Waals surface area contributed by atoms with Gasteiger partial charge in [-0.2, -0.15) is 0 Å². The second kappa shape index (κ2) is 10.1. The van der Waals surface area contributed by atoms with Crippen LogP contribution in [-0.2, 0) is 17.8 Å². The highest BCUT2D eigenvalue weighted by atomic mass is 16.3. The molecule has 0 saturated carbocycles. The zero-order valence-corrected chi connectivity index (χ0v) is 22.1. The van der Waals surface area contributed by atoms with Gasteiger partial charge in [0.1, 0.15) is 0 Å². The normalized spacial score (nSPS) is 13.7. The summed E-state index contributed by atoms with van der Waals surface area (Å²) >= 11 is 0. The lowest BCUT2D eigenvalue weighted by molar-refractivity contribution is -0.117. The molecule has 0 bridgehead atoms. The fourth-order valence-electron chi connectivity index (χ4n) is 5.69. The van der Waals surface area contributed by atoms with Gasteiger partial charge in [0.25, 0.3) is 5.91 Å². The lowest BCUT2D eigenvalue weighted by Crippen LogP contribution is -2.24. The van der Waals surface area contributed by atoms with E-state index in [9.17, 15) is 14.7 Å². The second-order valence-corrected chi connectivity index (χ2v) is 10.3. The molecule has 2 amide bonds. The molecule has 8 nitrogen and oxygen atoms in total. The summed E-state index contributed by atoms with van der Waals surface area (Å²) in [5.74, 6) is -0.422. The molecule has 6 rings (SSSR count). The number of nitrogens with two attached hydrogens (primary N) is 1. The third kappa shape index (κ3) is 4.37. The number of carbonyl (C=O) groups excluding carboxylic acids is 2. The van der Waals surface area contributed by atoms with E-state index < -0.39 is 12.0 Å². The van der Waals surface area contributed by atoms with E-state index in [0.29, 0.717) is 6.54 Å². The van der Waals surface area contributed by atoms with Gasteiger partial charge in [-0.1, -0.05) is 48.5 Å². The van der Waals surface area contributed by atoms with Crippen molar-refractivity contribution in [3.8, 4) is 11.1 Å². The molecule has 6 N–H and O–H groups in total. The minimum atomic E-state index is -0.863. The van der Waals surface area contributed by atoms with Crippen molar-refractivity contribution in [3.63, 3.8) is 0 Å². The summed E-state index contributed by atoms with van der Waals surface area (Å²) in [5, 5.41) is 24.0. The number of carbonyl (C=O) groups is 2. The summed E-state index contributed by atoms with van der Waals surface area (Å²) in [6, 6.07) is 23.5. The Balaban J connectivity index is 1.49. The number of rotatable bonds is 8. The summed E-state index contributed by atoms with van der Waals surface area (Å²) < 4.78 is 0. The van der Waals surface area contributed by atoms with Crippen molar-refractivity contribution < 1.29 is 19.8 Å². The molecule has 0 saturated heterocycles. The molecule has 1 atom stereocenters. The molecule has 4 aromatic carbocycles. The van der Waals surface area contributed by atoms with E-state index in [4.69, 9.17) is 10.8 Å². The van der Waals surface area contributed by atoms with E-state index >= 15 is 0 Å². The van der Waals surface area contributed by atoms with Crippen molar-refractivity contribution >= 4 is 45.0 Å². The Morgan fingerprint density at radius 2 is 1.85 bits per heavy atom. The third-order valence-corrected chi connectivity index (χ3v) is 7.67. The van der Waals surface area contributed by atoms with E-state index in [1.165, 1.54) is 0 Å². The van der Waals surface area contributed by atoms with Gasteiger partial charge < -0.3 is 31.1 Å². The van der Waals surface area contributed by atoms with E-state index in [1.807, 2.05) is 78.6 Å². The maximum absolute atomic E-state index is 13.3. The van der Waals surface area contributed by atoms with Gasteiger partial charge in [0.05, 0.1) is 31.2 Å². The molecule has 1 unspecified atom stereocenters. The van der Waals surface area contributed by atoms with Crippen LogP contribution < -0.4 is 16.0 Å². The number of aromatic amines is 1. The van der Waals surface area contributed by atoms with Crippen molar-refractivity contribution in [2.45, 2.75) is 26.0 Å². The van der Waals surface area contributed by atoms with Crippen LogP contribution in [0.25, 0.3) is 32.9 Å². The molecule has 0 fully saturated rings. The summed E-state index contributed by atoms with van der Waals surface area (Å²) in [6.45, 7) is 2.45. The molecule has 8 heteroatoms. The monoisotopic (exact) mass is 534 g/mol. The summed E-state index contributed by atoms with van der Waals surface area (Å²) in [4.78, 5) is 30.5. The molecule has 0 aliphatic carbocycles. The van der Waals surface area contributed by atoms with Crippen molar-refractivity contribution in [1.29, 1.82) is 0 Å². The van der Waals surface area contributed by atoms with Crippen LogP contribution in [0.5, 0.6) is 0 Å². The molecule has 0 spiro atoms. The molecule has 40 heavy (non-hydrogen) atoms. The zero-order valence-electron chi connectivity index (χ0n) is 22.1. The topological polar surface area (TPSA) is 132 Å². The Morgan fingerprint density at radius 1 is 1.05 bits per heavy atom. The van der Waals surface area contributed by atoms with Gasteiger partial charge in [-0.15, -0.1) is 0 Å². The fourth-order valence-corrected chi connectivity index (χ4v) is 5.69. The highest BCUT2D eigenvalue weighted by Gasteiger charge is 2.29. The van der Waals surface area contributed by atoms with Gasteiger partial charge in [0.15, 0.2) is 0 Å². The highest BCUT2D eigenvalue weighted by Crippen LogP contribution is 2.41. The Kier molecular flexibility index (Phi) is 6.50. The smallest absolute Gasteiger partial charge is 0.258 e. The Labute approximate surface area is 231 Å². The van der Waals surface area contributed by atoms with E-state index in [0.717, 1.165) is 66.6 Å². The number of aromatic nitrogens is 1. The molecule has 1 aliphatic rings. The first-order valence-corrected chi connectivity index (χ1v) is 13.2. The van der Waals surface area contributed by atoms with Gasteiger partial charge in [-0.05, 0) is 59.0 Å². The van der Waals surface area contributed by atoms with Crippen LogP contribution in [0, 0.1) is 6.92 Å². The number of nitrogens with one attached hydrogen (secondary N) is 2. The average molecular weight is 535 g/mol. The first-order chi connectivity index (χ1) is 19.4. The number of nitrogens with zero attached hydrogens (tertiary/aromatic N) is 1. The Morgan fingerprint density at radius 3 is 2.62 bits per heavy atom. The molecular formula is C32H30N4O4. The molecule has 0 radical (unpaired) electrons. The van der Waals surface area contributed by atoms with Gasteiger partial charge in [0.2, 0.25) is 5.91 Å². The van der Waals surface area contributed by atoms with Crippen LogP contribution in [0.2, 0.25) is 0 Å². The summed E-state index contributed by atoms with van der Waals surface area (Å²) in [5.41, 5.74) is 14.4. The molecule has 1 aromatic heterocycles. The fraction of sp³-hybridized carbons (Fsp3) is 0.188. The molecule has 2 heterocycles. The zero-order chi connectivity index (χ0) is 28.0. The highest BCUT2D eigenvalue weighted by molar-refractivity contribution is 6.17. The maximum Gasteiger partial charge on any atom is 0.258 e. The predicted molar refractivity (Wildman–Crippen MR) is 157 cm³/mol. The number of H-pyrrole nitrogens is 1. The lowest BCUT2D eigenvalue weighted by Gasteiger charge is -2.21. The number of benzene rings is 4. The van der Waals surface area contributed by atoms with Crippen LogP contribution in [0.1, 0.15) is 27.0 Å². The van der Waals surface area contributed by atoms with Gasteiger partial charge in [0, 0.05) is 39.8 Å². The largest absolute Gasteiger partial charge is 0.394 e. The third-order valence-electron chi connectivity index (χ3n) is 7.67. The average Bonchev–Trinajstić information content (AvgIpc) is 3.50. The number of fused-ring (bicyclic) bond motifs is 4. The minimum Gasteiger partial charge on any atom is -0.394 e. The van der Waals surface area contributed by atoms with E-state index in [-0.39, 0.29) is 25.5 Å². The van der Waals surface area contributed by atoms with Crippen molar-refractivity contribution in [2.24, 2.45) is 5.73 Å². The first-order valence-electron chi connectivity index (χ1n) is 13.2. The Hall–Kier alpha value is -4.66. The maximum atomic E-state index is 13.3. The van der Waals surface area contributed by atoms with Crippen LogP contribution >= 0.6 is 0 Å². The summed E-state index contributed by atoms with van der Waals surface area (Å²) in [6.07, 6.45) is -0.769. The molecule has 5 aromatic rings. The number of anilines is 2. The van der Waals surface area contributed by atoms with Crippen molar-refractivity contribution in [3.05, 3.63) is 95.1 Å². The Bertz CT molecular complexity index is 1790. The number of amides is 2. The number of hydrogen-bond acceptors (Lipinski definition) is 5. The van der Waals surface area contributed by atoms with E-state index in [2.05, 4.69) is 16.4 Å². The lowest BCUT2D eigenvalue weighted by atomic mass is 9.92. The number of hydrogen-bond donors (Lipinski definition) is 5. The molecule has 202 valence electrons. The number of aliphatic hydroxyl groups is 2. The first kappa shape index (κ1) is 25.6. The van der Waals surface area contributed by atoms with E-state index in [1.54, 1.807) is 0 Å². The van der Waals surface area contributed by atoms with Crippen LogP contribution in [0.3, 0.4) is 0 Å². The van der Waals surface area contributed by atoms with Gasteiger partial charge in [-0.3, -0.25) is 9.59 Å². The van der Waals surface area contributed by atoms with Gasteiger partial charge >= 0.3 is 0 Å². The van der Waals surface area contributed by atoms with Crippen molar-refractivity contribution in [2.75, 3.05) is 23.4 Å². The van der Waals surface area contributed by atoms with Crippen molar-refractivity contribution in [1.82, 2.24) is 4.98 Å². The molecular weight excluding hydrogens is 504 g/mol. The van der Waals surface area contributed by atoms with Gasteiger partial charge in [-0.25, -0.2) is 0 Å². The number of aliphatic hydroxyl groups excluding tert-OH is 2. The second-order valence-electron chi connectivity index (χ2n) is 10.3. The SMILES string of the molecule is Cc1c(-c2ccc(CC(N)=O)c3[nH]c4cc(NCC(O)CO)ccc4c23)cccc1N1Cc2ccccc2C1=O. The standard InChI is InChI=1S/C32H30N4O4/c1-18-23(7-4-8-28(18)36-16-20-5-2-3-6-24(20)32(36)40)25-11-9-19(13-29(33)39)31-30(25)26-12-10-21(14-27(26)35-31)34-15-22(38)17-37/h2-12,14,22,34-35,37-38H,13,15-17H2,1H3,(H2,33,39). The van der Waals surface area contributed by atoms with Crippen LogP contribution in [0.4, 0.5) is 11.4 Å². The minimum absolute atomic E-state index is 0.00348. The molecule has 1 aliphatic heterocycles. The summed E-state index contributed by atoms with van der Waals surface area (Å²) in [7, 11) is 0. The van der Waals surface area contributed by atoms with Crippen LogP contribution in [-0.4, -0.2) is 46.3 Å². The predicted octanol–water partition coefficient (Wildman–Crippen LogP) is 4.25. The number of primary amides is 1.